The highest BCUT2D eigenvalue weighted by Gasteiger charge is 2.00. The molecule has 0 saturated carbocycles. The fourth-order valence-electron chi connectivity index (χ4n) is 0.182. The average Bonchev–Trinajstić information content (AvgIpc) is 1.84. The van der Waals surface area contributed by atoms with Crippen LogP contribution in [-0.4, -0.2) is 21.1 Å². The Kier molecular flexibility index (Phi) is 2.76. The van der Waals surface area contributed by atoms with Crippen LogP contribution in [0.3, 0.4) is 0 Å². The molecule has 0 aliphatic heterocycles. The fourth-order valence-corrected chi connectivity index (χ4v) is 0.182. The summed E-state index contributed by atoms with van der Waals surface area (Å²) in [5, 5.41) is 2.05. The van der Waals surface area contributed by atoms with Crippen molar-refractivity contribution in [1.29, 1.82) is 0 Å². The highest BCUT2D eigenvalue weighted by Crippen LogP contribution is 1.82. The van der Waals surface area contributed by atoms with Crippen LogP contribution in [0.5, 0.6) is 0 Å². The Morgan fingerprint density at radius 1 is 1.88 bits per heavy atom. The third-order valence-corrected chi connectivity index (χ3v) is 0.606. The molecule has 0 atom stereocenters. The minimum atomic E-state index is -0.549. The second-order valence-corrected chi connectivity index (χ2v) is 1.11. The minimum Gasteiger partial charge on any atom is -0.464 e. The van der Waals surface area contributed by atoms with E-state index in [0.29, 0.717) is 0 Å². The number of hydrogen-bond donors (Lipinski definition) is 1. The molecule has 2 radical (unpaired) electrons. The molecule has 0 rings (SSSR count). The standard InChI is InChI=1S/C4H6BNO2/c1-3(6-5)4(7)8-2/h6H,1H2,2H3. The number of rotatable bonds is 2. The van der Waals surface area contributed by atoms with Crippen molar-refractivity contribution >= 4 is 14.0 Å². The molecule has 42 valence electrons. The molecule has 4 heteroatoms. The molecule has 0 heterocycles. The van der Waals surface area contributed by atoms with Crippen LogP contribution in [0, 0.1) is 0 Å². The van der Waals surface area contributed by atoms with Gasteiger partial charge >= 0.3 is 5.97 Å². The summed E-state index contributed by atoms with van der Waals surface area (Å²) in [7, 11) is 6.05. The molecular weight excluding hydrogens is 105 g/mol. The molecule has 0 aliphatic rings. The van der Waals surface area contributed by atoms with Gasteiger partial charge in [0.25, 0.3) is 0 Å². The van der Waals surface area contributed by atoms with Crippen LogP contribution in [-0.2, 0) is 9.53 Å². The van der Waals surface area contributed by atoms with Crippen molar-refractivity contribution in [2.75, 3.05) is 7.11 Å². The first-order valence-electron chi connectivity index (χ1n) is 1.96. The van der Waals surface area contributed by atoms with Gasteiger partial charge in [0.05, 0.1) is 7.11 Å². The van der Waals surface area contributed by atoms with E-state index < -0.39 is 5.97 Å². The fraction of sp³-hybridized carbons (Fsp3) is 0.250. The van der Waals surface area contributed by atoms with E-state index in [1.54, 1.807) is 0 Å². The number of carbonyl (C=O) groups excluding carboxylic acids is 1. The van der Waals surface area contributed by atoms with Gasteiger partial charge in [0, 0.05) is 0 Å². The summed E-state index contributed by atoms with van der Waals surface area (Å²) in [6.45, 7) is 3.23. The second kappa shape index (κ2) is 3.13. The molecule has 8 heavy (non-hydrogen) atoms. The lowest BCUT2D eigenvalue weighted by Gasteiger charge is -1.99. The van der Waals surface area contributed by atoms with Crippen LogP contribution in [0.25, 0.3) is 0 Å². The summed E-state index contributed by atoms with van der Waals surface area (Å²) >= 11 is 0. The molecule has 3 nitrogen and oxygen atoms in total. The zero-order valence-electron chi connectivity index (χ0n) is 4.60. The molecule has 0 aromatic rings. The van der Waals surface area contributed by atoms with Gasteiger partial charge in [0.15, 0.2) is 0 Å². The molecule has 0 bridgehead atoms. The molecule has 0 saturated heterocycles. The van der Waals surface area contributed by atoms with Gasteiger partial charge in [-0.3, -0.25) is 0 Å². The Morgan fingerprint density at radius 3 is 2.50 bits per heavy atom. The van der Waals surface area contributed by atoms with E-state index in [1.807, 2.05) is 5.23 Å². The largest absolute Gasteiger partial charge is 0.464 e. The van der Waals surface area contributed by atoms with Crippen molar-refractivity contribution in [2.24, 2.45) is 0 Å². The van der Waals surface area contributed by atoms with Gasteiger partial charge in [0.1, 0.15) is 5.70 Å². The Morgan fingerprint density at radius 2 is 2.38 bits per heavy atom. The van der Waals surface area contributed by atoms with Crippen LogP contribution < -0.4 is 5.23 Å². The van der Waals surface area contributed by atoms with Gasteiger partial charge in [-0.25, -0.2) is 4.79 Å². The van der Waals surface area contributed by atoms with Crippen molar-refractivity contribution in [3.63, 3.8) is 0 Å². The quantitative estimate of drug-likeness (QED) is 0.292. The van der Waals surface area contributed by atoms with E-state index in [2.05, 4.69) is 11.3 Å². The molecule has 0 spiro atoms. The Balaban J connectivity index is 3.64. The van der Waals surface area contributed by atoms with E-state index in [1.165, 1.54) is 7.11 Å². The number of nitrogens with one attached hydrogen (secondary N) is 1. The van der Waals surface area contributed by atoms with Crippen molar-refractivity contribution < 1.29 is 9.53 Å². The lowest BCUT2D eigenvalue weighted by molar-refractivity contribution is -0.136. The van der Waals surface area contributed by atoms with E-state index in [4.69, 9.17) is 7.98 Å². The highest BCUT2D eigenvalue weighted by molar-refractivity contribution is 6.09. The lowest BCUT2D eigenvalue weighted by atomic mass is 10.3. The van der Waals surface area contributed by atoms with E-state index in [9.17, 15) is 4.79 Å². The van der Waals surface area contributed by atoms with Crippen LogP contribution in [0.15, 0.2) is 12.3 Å². The molecule has 0 unspecified atom stereocenters. The summed E-state index contributed by atoms with van der Waals surface area (Å²) in [6.07, 6.45) is 0. The number of hydrogen-bond acceptors (Lipinski definition) is 3. The molecule has 0 amide bonds. The van der Waals surface area contributed by atoms with Crippen LogP contribution in [0.4, 0.5) is 0 Å². The monoisotopic (exact) mass is 111 g/mol. The first-order valence-corrected chi connectivity index (χ1v) is 1.96. The van der Waals surface area contributed by atoms with E-state index in [0.717, 1.165) is 0 Å². The highest BCUT2D eigenvalue weighted by atomic mass is 16.5. The third-order valence-electron chi connectivity index (χ3n) is 0.606. The topological polar surface area (TPSA) is 38.3 Å². The third kappa shape index (κ3) is 1.68. The van der Waals surface area contributed by atoms with E-state index in [-0.39, 0.29) is 5.70 Å². The number of ether oxygens (including phenoxy) is 1. The molecule has 0 fully saturated rings. The van der Waals surface area contributed by atoms with Crippen molar-refractivity contribution in [3.05, 3.63) is 12.3 Å². The van der Waals surface area contributed by atoms with Gasteiger partial charge in [-0.1, -0.05) is 6.58 Å². The summed E-state index contributed by atoms with van der Waals surface area (Å²) in [5.74, 6) is -0.549. The Bertz CT molecular complexity index is 98.6. The van der Waals surface area contributed by atoms with Crippen molar-refractivity contribution in [2.45, 2.75) is 0 Å². The molecule has 1 N–H and O–H groups in total. The lowest BCUT2D eigenvalue weighted by Crippen LogP contribution is -2.17. The van der Waals surface area contributed by atoms with Gasteiger partial charge in [-0.2, -0.15) is 0 Å². The first-order chi connectivity index (χ1) is 3.72. The number of esters is 1. The zero-order valence-corrected chi connectivity index (χ0v) is 4.60. The molecular formula is C4H6BNO2. The maximum Gasteiger partial charge on any atom is 0.352 e. The van der Waals surface area contributed by atoms with Gasteiger partial charge in [-0.15, -0.1) is 0 Å². The molecule has 0 aliphatic carbocycles. The molecule has 0 aromatic heterocycles. The smallest absolute Gasteiger partial charge is 0.352 e. The SMILES string of the molecule is [B]NC(=C)C(=O)OC. The maximum absolute atomic E-state index is 10.3. The molecule has 0 aromatic carbocycles. The van der Waals surface area contributed by atoms with Crippen LogP contribution in [0.1, 0.15) is 0 Å². The normalized spacial score (nSPS) is 7.62. The van der Waals surface area contributed by atoms with Gasteiger partial charge < -0.3 is 9.96 Å². The Hall–Kier alpha value is -0.925. The zero-order chi connectivity index (χ0) is 6.57. The van der Waals surface area contributed by atoms with E-state index >= 15 is 0 Å². The predicted octanol–water partition coefficient (Wildman–Crippen LogP) is -0.654. The minimum absolute atomic E-state index is 0.0486. The average molecular weight is 111 g/mol. The van der Waals surface area contributed by atoms with Crippen molar-refractivity contribution in [3.8, 4) is 0 Å². The van der Waals surface area contributed by atoms with Crippen molar-refractivity contribution in [1.82, 2.24) is 5.23 Å². The summed E-state index contributed by atoms with van der Waals surface area (Å²) in [5.41, 5.74) is 0.0486. The summed E-state index contributed by atoms with van der Waals surface area (Å²) < 4.78 is 4.22. The predicted molar refractivity (Wildman–Crippen MR) is 30.0 cm³/mol. The van der Waals surface area contributed by atoms with Crippen LogP contribution >= 0.6 is 0 Å². The summed E-state index contributed by atoms with van der Waals surface area (Å²) in [4.78, 5) is 10.3. The second-order valence-electron chi connectivity index (χ2n) is 1.11. The summed E-state index contributed by atoms with van der Waals surface area (Å²) in [6, 6.07) is 0. The Labute approximate surface area is 49.1 Å². The van der Waals surface area contributed by atoms with Crippen LogP contribution in [0.2, 0.25) is 0 Å². The maximum atomic E-state index is 10.3. The van der Waals surface area contributed by atoms with Gasteiger partial charge in [-0.05, 0) is 0 Å². The number of methoxy groups -OCH3 is 1. The first kappa shape index (κ1) is 7.07. The van der Waals surface area contributed by atoms with Gasteiger partial charge in [0.2, 0.25) is 7.98 Å². The number of carbonyl (C=O) groups is 1.